The molecule has 0 heterocycles. The van der Waals surface area contributed by atoms with Crippen LogP contribution in [0.3, 0.4) is 0 Å². The molecular formula is C13H18O. The van der Waals surface area contributed by atoms with Gasteiger partial charge in [0.15, 0.2) is 0 Å². The van der Waals surface area contributed by atoms with Crippen LogP contribution in [-0.2, 0) is 0 Å². The zero-order valence-electron chi connectivity index (χ0n) is 8.74. The highest BCUT2D eigenvalue weighted by atomic mass is 16.3. The van der Waals surface area contributed by atoms with Gasteiger partial charge < -0.3 is 5.11 Å². The highest BCUT2D eigenvalue weighted by Gasteiger charge is 2.34. The molecule has 1 aromatic carbocycles. The summed E-state index contributed by atoms with van der Waals surface area (Å²) in [7, 11) is 0. The van der Waals surface area contributed by atoms with Crippen molar-refractivity contribution >= 4 is 0 Å². The van der Waals surface area contributed by atoms with Crippen molar-refractivity contribution in [2.75, 3.05) is 6.61 Å². The SMILES string of the molecule is C[C@]1(CO)CCC(c2ccccc2)C1. The molecule has 0 amide bonds. The number of hydrogen-bond acceptors (Lipinski definition) is 1. The Kier molecular flexibility index (Phi) is 2.60. The van der Waals surface area contributed by atoms with E-state index in [2.05, 4.69) is 37.3 Å². The van der Waals surface area contributed by atoms with Gasteiger partial charge in [-0.05, 0) is 36.2 Å². The predicted molar refractivity (Wildman–Crippen MR) is 58.2 cm³/mol. The highest BCUT2D eigenvalue weighted by Crippen LogP contribution is 2.45. The Bertz CT molecular complexity index is 293. The van der Waals surface area contributed by atoms with E-state index < -0.39 is 0 Å². The molecule has 0 aliphatic heterocycles. The maximum atomic E-state index is 9.29. The zero-order chi connectivity index (χ0) is 10.0. The number of aliphatic hydroxyl groups is 1. The van der Waals surface area contributed by atoms with Crippen LogP contribution >= 0.6 is 0 Å². The van der Waals surface area contributed by atoms with Gasteiger partial charge in [-0.25, -0.2) is 0 Å². The van der Waals surface area contributed by atoms with E-state index in [1.807, 2.05) is 0 Å². The number of aliphatic hydroxyl groups excluding tert-OH is 1. The molecule has 2 atom stereocenters. The van der Waals surface area contributed by atoms with Gasteiger partial charge in [0.1, 0.15) is 0 Å². The first-order chi connectivity index (χ1) is 6.73. The summed E-state index contributed by atoms with van der Waals surface area (Å²) in [6.45, 7) is 2.52. The maximum absolute atomic E-state index is 9.29. The predicted octanol–water partition coefficient (Wildman–Crippen LogP) is 2.95. The molecule has 1 aliphatic carbocycles. The van der Waals surface area contributed by atoms with Crippen molar-refractivity contribution in [3.05, 3.63) is 35.9 Å². The van der Waals surface area contributed by atoms with Crippen LogP contribution in [0.25, 0.3) is 0 Å². The minimum Gasteiger partial charge on any atom is -0.396 e. The fourth-order valence-corrected chi connectivity index (χ4v) is 2.48. The molecule has 1 nitrogen and oxygen atoms in total. The van der Waals surface area contributed by atoms with E-state index in [4.69, 9.17) is 0 Å². The quantitative estimate of drug-likeness (QED) is 0.760. The van der Waals surface area contributed by atoms with E-state index in [1.165, 1.54) is 12.0 Å². The van der Waals surface area contributed by atoms with E-state index in [0.717, 1.165) is 12.8 Å². The molecule has 0 aromatic heterocycles. The second-order valence-electron chi connectivity index (χ2n) is 4.82. The fraction of sp³-hybridized carbons (Fsp3) is 0.538. The lowest BCUT2D eigenvalue weighted by Crippen LogP contribution is -2.16. The second-order valence-corrected chi connectivity index (χ2v) is 4.82. The van der Waals surface area contributed by atoms with Crippen molar-refractivity contribution in [3.8, 4) is 0 Å². The molecule has 0 saturated heterocycles. The standard InChI is InChI=1S/C13H18O/c1-13(10-14)8-7-12(9-13)11-5-3-2-4-6-11/h2-6,12,14H,7-10H2,1H3/t12?,13-/m0/s1. The largest absolute Gasteiger partial charge is 0.396 e. The molecule has 0 radical (unpaired) electrons. The summed E-state index contributed by atoms with van der Waals surface area (Å²) < 4.78 is 0. The smallest absolute Gasteiger partial charge is 0.0484 e. The summed E-state index contributed by atoms with van der Waals surface area (Å²) >= 11 is 0. The first kappa shape index (κ1) is 9.72. The van der Waals surface area contributed by atoms with Crippen molar-refractivity contribution in [2.45, 2.75) is 32.1 Å². The maximum Gasteiger partial charge on any atom is 0.0484 e. The number of rotatable bonds is 2. The third-order valence-corrected chi connectivity index (χ3v) is 3.49. The molecule has 14 heavy (non-hydrogen) atoms. The van der Waals surface area contributed by atoms with Crippen LogP contribution in [0.1, 0.15) is 37.7 Å². The van der Waals surface area contributed by atoms with Crippen LogP contribution in [0, 0.1) is 5.41 Å². The fourth-order valence-electron chi connectivity index (χ4n) is 2.48. The van der Waals surface area contributed by atoms with Gasteiger partial charge in [0.2, 0.25) is 0 Å². The molecule has 1 fully saturated rings. The van der Waals surface area contributed by atoms with Crippen molar-refractivity contribution in [1.82, 2.24) is 0 Å². The van der Waals surface area contributed by atoms with Gasteiger partial charge in [-0.2, -0.15) is 0 Å². The lowest BCUT2D eigenvalue weighted by molar-refractivity contribution is 0.147. The molecule has 0 spiro atoms. The first-order valence-electron chi connectivity index (χ1n) is 5.39. The molecule has 1 saturated carbocycles. The molecule has 76 valence electrons. The zero-order valence-corrected chi connectivity index (χ0v) is 8.74. The van der Waals surface area contributed by atoms with Gasteiger partial charge in [-0.3, -0.25) is 0 Å². The summed E-state index contributed by atoms with van der Waals surface area (Å²) in [6, 6.07) is 10.7. The molecule has 1 aromatic rings. The molecule has 1 aliphatic rings. The van der Waals surface area contributed by atoms with E-state index in [1.54, 1.807) is 0 Å². The van der Waals surface area contributed by atoms with Gasteiger partial charge >= 0.3 is 0 Å². The summed E-state index contributed by atoms with van der Waals surface area (Å²) in [5.74, 6) is 0.661. The number of benzene rings is 1. The van der Waals surface area contributed by atoms with Crippen LogP contribution in [0.4, 0.5) is 0 Å². The minimum absolute atomic E-state index is 0.167. The summed E-state index contributed by atoms with van der Waals surface area (Å²) in [5, 5.41) is 9.29. The van der Waals surface area contributed by atoms with E-state index in [0.29, 0.717) is 12.5 Å². The Balaban J connectivity index is 2.10. The van der Waals surface area contributed by atoms with Gasteiger partial charge in [-0.15, -0.1) is 0 Å². The third-order valence-electron chi connectivity index (χ3n) is 3.49. The van der Waals surface area contributed by atoms with E-state index in [-0.39, 0.29) is 5.41 Å². The summed E-state index contributed by atoms with van der Waals surface area (Å²) in [5.41, 5.74) is 1.60. The van der Waals surface area contributed by atoms with Crippen LogP contribution in [0.2, 0.25) is 0 Å². The van der Waals surface area contributed by atoms with Crippen molar-refractivity contribution < 1.29 is 5.11 Å². The van der Waals surface area contributed by atoms with E-state index in [9.17, 15) is 5.11 Å². The Morgan fingerprint density at radius 2 is 2.07 bits per heavy atom. The highest BCUT2D eigenvalue weighted by molar-refractivity contribution is 5.21. The minimum atomic E-state index is 0.167. The summed E-state index contributed by atoms with van der Waals surface area (Å²) in [6.07, 6.45) is 3.51. The molecule has 1 unspecified atom stereocenters. The van der Waals surface area contributed by atoms with Gasteiger partial charge in [0.25, 0.3) is 0 Å². The monoisotopic (exact) mass is 190 g/mol. The Labute approximate surface area is 85.8 Å². The van der Waals surface area contributed by atoms with Crippen LogP contribution in [-0.4, -0.2) is 11.7 Å². The average Bonchev–Trinajstić information content (AvgIpc) is 2.63. The van der Waals surface area contributed by atoms with Crippen molar-refractivity contribution in [3.63, 3.8) is 0 Å². The van der Waals surface area contributed by atoms with Gasteiger partial charge in [0.05, 0.1) is 0 Å². The second kappa shape index (κ2) is 3.74. The first-order valence-corrected chi connectivity index (χ1v) is 5.39. The topological polar surface area (TPSA) is 20.2 Å². The molecule has 0 bridgehead atoms. The molecular weight excluding hydrogens is 172 g/mol. The Morgan fingerprint density at radius 3 is 2.64 bits per heavy atom. The molecule has 2 rings (SSSR count). The molecule has 1 heteroatoms. The third kappa shape index (κ3) is 1.83. The average molecular weight is 190 g/mol. The summed E-state index contributed by atoms with van der Waals surface area (Å²) in [4.78, 5) is 0. The van der Waals surface area contributed by atoms with Crippen LogP contribution in [0.15, 0.2) is 30.3 Å². The van der Waals surface area contributed by atoms with Crippen LogP contribution < -0.4 is 0 Å². The molecule has 1 N–H and O–H groups in total. The van der Waals surface area contributed by atoms with Crippen molar-refractivity contribution in [1.29, 1.82) is 0 Å². The van der Waals surface area contributed by atoms with Gasteiger partial charge in [0, 0.05) is 6.61 Å². The van der Waals surface area contributed by atoms with Crippen molar-refractivity contribution in [2.24, 2.45) is 5.41 Å². The van der Waals surface area contributed by atoms with E-state index >= 15 is 0 Å². The normalized spacial score (nSPS) is 32.0. The number of hydrogen-bond donors (Lipinski definition) is 1. The van der Waals surface area contributed by atoms with Gasteiger partial charge in [-0.1, -0.05) is 37.3 Å². The van der Waals surface area contributed by atoms with Crippen LogP contribution in [0.5, 0.6) is 0 Å². The lowest BCUT2D eigenvalue weighted by Gasteiger charge is -2.20. The Morgan fingerprint density at radius 1 is 1.36 bits per heavy atom. The lowest BCUT2D eigenvalue weighted by atomic mass is 9.87. The Hall–Kier alpha value is -0.820.